The van der Waals surface area contributed by atoms with Crippen LogP contribution in [-0.4, -0.2) is 27.9 Å². The van der Waals surface area contributed by atoms with Crippen LogP contribution in [0.25, 0.3) is 0 Å². The number of aromatic nitrogens is 3. The van der Waals surface area contributed by atoms with Crippen LogP contribution in [0.5, 0.6) is 11.8 Å². The van der Waals surface area contributed by atoms with Crippen molar-refractivity contribution in [3.8, 4) is 11.8 Å². The Hall–Kier alpha value is -2.26. The molecule has 8 nitrogen and oxygen atoms in total. The highest BCUT2D eigenvalue weighted by Gasteiger charge is 2.09. The van der Waals surface area contributed by atoms with Crippen LogP contribution < -0.4 is 10.5 Å². The maximum absolute atomic E-state index is 10.8. The number of nitrogens with two attached hydrogens (primary N) is 1. The molecule has 0 aliphatic heterocycles. The van der Waals surface area contributed by atoms with Crippen molar-refractivity contribution in [2.75, 3.05) is 5.73 Å². The van der Waals surface area contributed by atoms with Crippen LogP contribution in [0.4, 0.5) is 5.95 Å². The van der Waals surface area contributed by atoms with Crippen molar-refractivity contribution in [3.63, 3.8) is 0 Å². The number of benzene rings is 1. The first kappa shape index (κ1) is 12.2. The Labute approximate surface area is 102 Å². The molecule has 3 N–H and O–H groups in total. The molecule has 0 fully saturated rings. The molecule has 2 rings (SSSR count). The van der Waals surface area contributed by atoms with Crippen LogP contribution in [0.3, 0.4) is 0 Å². The quantitative estimate of drug-likeness (QED) is 0.769. The predicted octanol–water partition coefficient (Wildman–Crippen LogP) is 0.493. The van der Waals surface area contributed by atoms with Crippen molar-refractivity contribution in [2.24, 2.45) is 0 Å². The van der Waals surface area contributed by atoms with E-state index in [2.05, 4.69) is 15.0 Å². The molecule has 0 spiro atoms. The molecule has 0 saturated heterocycles. The van der Waals surface area contributed by atoms with E-state index in [1.807, 2.05) is 0 Å². The fourth-order valence-electron chi connectivity index (χ4n) is 1.13. The maximum Gasteiger partial charge on any atom is 0.326 e. The predicted molar refractivity (Wildman–Crippen MR) is 60.6 cm³/mol. The minimum atomic E-state index is -4.22. The fraction of sp³-hybridized carbons (Fsp3) is 0. The van der Waals surface area contributed by atoms with E-state index in [1.54, 1.807) is 0 Å². The third-order valence-electron chi connectivity index (χ3n) is 1.90. The van der Waals surface area contributed by atoms with Gasteiger partial charge >= 0.3 is 6.01 Å². The third-order valence-corrected chi connectivity index (χ3v) is 2.77. The summed E-state index contributed by atoms with van der Waals surface area (Å²) >= 11 is 0. The summed E-state index contributed by atoms with van der Waals surface area (Å²) in [7, 11) is -4.22. The molecule has 0 saturated carbocycles. The molecule has 0 unspecified atom stereocenters. The van der Waals surface area contributed by atoms with Gasteiger partial charge < -0.3 is 10.5 Å². The fourth-order valence-corrected chi connectivity index (χ4v) is 1.61. The first-order valence-electron chi connectivity index (χ1n) is 4.65. The highest BCUT2D eigenvalue weighted by molar-refractivity contribution is 7.85. The SMILES string of the molecule is Nc1ncnc(Oc2ccc(S(=O)(=O)O)cc2)n1. The van der Waals surface area contributed by atoms with Crippen molar-refractivity contribution >= 4 is 16.1 Å². The standard InChI is InChI=1S/C9H8N4O4S/c10-8-11-5-12-9(13-8)17-6-1-3-7(4-2-6)18(14,15)16/h1-5H,(H,14,15,16)(H2,10,11,12,13). The molecule has 2 aromatic rings. The van der Waals surface area contributed by atoms with Gasteiger partial charge in [-0.25, -0.2) is 4.98 Å². The molecule has 1 aromatic heterocycles. The Morgan fingerprint density at radius 3 is 2.39 bits per heavy atom. The van der Waals surface area contributed by atoms with E-state index in [0.717, 1.165) is 0 Å². The van der Waals surface area contributed by atoms with Gasteiger partial charge in [0.15, 0.2) is 0 Å². The van der Waals surface area contributed by atoms with Gasteiger partial charge in [-0.15, -0.1) is 0 Å². The van der Waals surface area contributed by atoms with Gasteiger partial charge in [0.25, 0.3) is 10.1 Å². The van der Waals surface area contributed by atoms with Gasteiger partial charge in [-0.05, 0) is 24.3 Å². The summed E-state index contributed by atoms with van der Waals surface area (Å²) < 4.78 is 35.6. The van der Waals surface area contributed by atoms with Crippen molar-refractivity contribution in [1.82, 2.24) is 15.0 Å². The van der Waals surface area contributed by atoms with Crippen LogP contribution in [-0.2, 0) is 10.1 Å². The lowest BCUT2D eigenvalue weighted by molar-refractivity contribution is 0.440. The van der Waals surface area contributed by atoms with Gasteiger partial charge in [0, 0.05) is 0 Å². The maximum atomic E-state index is 10.8. The average molecular weight is 268 g/mol. The van der Waals surface area contributed by atoms with Gasteiger partial charge in [0.05, 0.1) is 4.90 Å². The number of anilines is 1. The van der Waals surface area contributed by atoms with E-state index in [1.165, 1.54) is 30.6 Å². The van der Waals surface area contributed by atoms with Crippen molar-refractivity contribution in [3.05, 3.63) is 30.6 Å². The zero-order valence-corrected chi connectivity index (χ0v) is 9.70. The Morgan fingerprint density at radius 2 is 1.83 bits per heavy atom. The first-order chi connectivity index (χ1) is 8.45. The lowest BCUT2D eigenvalue weighted by Crippen LogP contribution is -1.99. The lowest BCUT2D eigenvalue weighted by atomic mass is 10.3. The number of rotatable bonds is 3. The third kappa shape index (κ3) is 2.90. The van der Waals surface area contributed by atoms with Gasteiger partial charge in [0.2, 0.25) is 5.95 Å². The van der Waals surface area contributed by atoms with Gasteiger partial charge in [-0.2, -0.15) is 18.4 Å². The lowest BCUT2D eigenvalue weighted by Gasteiger charge is -2.03. The summed E-state index contributed by atoms with van der Waals surface area (Å²) in [5, 5.41) is 0. The second-order valence-electron chi connectivity index (χ2n) is 3.17. The molecule has 0 aliphatic rings. The first-order valence-corrected chi connectivity index (χ1v) is 6.09. The number of nitrogens with zero attached hydrogens (tertiary/aromatic N) is 3. The molecule has 0 bridgehead atoms. The van der Waals surface area contributed by atoms with E-state index in [0.29, 0.717) is 5.75 Å². The summed E-state index contributed by atoms with van der Waals surface area (Å²) in [6.07, 6.45) is 1.18. The summed E-state index contributed by atoms with van der Waals surface area (Å²) in [5.74, 6) is 0.308. The summed E-state index contributed by atoms with van der Waals surface area (Å²) in [5.41, 5.74) is 5.34. The van der Waals surface area contributed by atoms with Crippen LogP contribution in [0.2, 0.25) is 0 Å². The smallest absolute Gasteiger partial charge is 0.326 e. The zero-order valence-electron chi connectivity index (χ0n) is 8.89. The molecular weight excluding hydrogens is 260 g/mol. The molecule has 9 heteroatoms. The summed E-state index contributed by atoms with van der Waals surface area (Å²) in [6, 6.07) is 5.07. The van der Waals surface area contributed by atoms with Gasteiger partial charge in [-0.1, -0.05) is 0 Å². The van der Waals surface area contributed by atoms with E-state index >= 15 is 0 Å². The molecule has 1 aromatic carbocycles. The van der Waals surface area contributed by atoms with E-state index < -0.39 is 10.1 Å². The van der Waals surface area contributed by atoms with Crippen LogP contribution in [0.15, 0.2) is 35.5 Å². The summed E-state index contributed by atoms with van der Waals surface area (Å²) in [4.78, 5) is 10.8. The van der Waals surface area contributed by atoms with E-state index in [9.17, 15) is 8.42 Å². The minimum Gasteiger partial charge on any atom is -0.424 e. The molecule has 1 heterocycles. The van der Waals surface area contributed by atoms with E-state index in [-0.39, 0.29) is 16.9 Å². The van der Waals surface area contributed by atoms with Crippen LogP contribution >= 0.6 is 0 Å². The molecule has 0 aliphatic carbocycles. The number of hydrogen-bond donors (Lipinski definition) is 2. The molecule has 94 valence electrons. The topological polar surface area (TPSA) is 128 Å². The number of nitrogen functional groups attached to an aromatic ring is 1. The van der Waals surface area contributed by atoms with Crippen LogP contribution in [0, 0.1) is 0 Å². The Bertz CT molecular complexity index is 657. The van der Waals surface area contributed by atoms with Crippen molar-refractivity contribution in [1.29, 1.82) is 0 Å². The molecule has 0 amide bonds. The normalized spacial score (nSPS) is 11.2. The Morgan fingerprint density at radius 1 is 1.17 bits per heavy atom. The van der Waals surface area contributed by atoms with Crippen LogP contribution in [0.1, 0.15) is 0 Å². The monoisotopic (exact) mass is 268 g/mol. The average Bonchev–Trinajstić information content (AvgIpc) is 2.28. The number of hydrogen-bond acceptors (Lipinski definition) is 7. The Kier molecular flexibility index (Phi) is 3.08. The molecule has 18 heavy (non-hydrogen) atoms. The Balaban J connectivity index is 2.21. The number of ether oxygens (including phenoxy) is 1. The minimum absolute atomic E-state index is 0.00885. The molecule has 0 radical (unpaired) electrons. The second-order valence-corrected chi connectivity index (χ2v) is 4.60. The highest BCUT2D eigenvalue weighted by Crippen LogP contribution is 2.19. The summed E-state index contributed by atoms with van der Waals surface area (Å²) in [6.45, 7) is 0. The molecular formula is C9H8N4O4S. The molecule has 0 atom stereocenters. The largest absolute Gasteiger partial charge is 0.424 e. The van der Waals surface area contributed by atoms with Crippen molar-refractivity contribution < 1.29 is 17.7 Å². The van der Waals surface area contributed by atoms with Gasteiger partial charge in [0.1, 0.15) is 12.1 Å². The van der Waals surface area contributed by atoms with E-state index in [4.69, 9.17) is 15.0 Å². The van der Waals surface area contributed by atoms with Crippen molar-refractivity contribution in [2.45, 2.75) is 4.90 Å². The van der Waals surface area contributed by atoms with Gasteiger partial charge in [-0.3, -0.25) is 4.55 Å². The second kappa shape index (κ2) is 4.55. The zero-order chi connectivity index (χ0) is 13.2. The highest BCUT2D eigenvalue weighted by atomic mass is 32.2.